The lowest BCUT2D eigenvalue weighted by Gasteiger charge is -2.20. The summed E-state index contributed by atoms with van der Waals surface area (Å²) < 4.78 is -0.941. The van der Waals surface area contributed by atoms with Crippen LogP contribution in [0.25, 0.3) is 0 Å². The highest BCUT2D eigenvalue weighted by molar-refractivity contribution is 8.01. The largest absolute Gasteiger partial charge is 0.480 e. The van der Waals surface area contributed by atoms with E-state index in [4.69, 9.17) is 0 Å². The molecule has 1 aromatic carbocycles. The highest BCUT2D eigenvalue weighted by atomic mass is 32.2. The molecule has 0 aliphatic heterocycles. The van der Waals surface area contributed by atoms with Gasteiger partial charge >= 0.3 is 5.97 Å². The van der Waals surface area contributed by atoms with E-state index in [1.807, 2.05) is 18.2 Å². The van der Waals surface area contributed by atoms with Crippen molar-refractivity contribution in [3.05, 3.63) is 24.3 Å². The van der Waals surface area contributed by atoms with Crippen LogP contribution in [0.15, 0.2) is 29.2 Å². The molecule has 21 heavy (non-hydrogen) atoms. The van der Waals surface area contributed by atoms with E-state index in [9.17, 15) is 14.7 Å². The lowest BCUT2D eigenvalue weighted by molar-refractivity contribution is -0.138. The first kappa shape index (κ1) is 17.6. The average Bonchev–Trinajstić information content (AvgIpc) is 2.41. The van der Waals surface area contributed by atoms with Crippen molar-refractivity contribution >= 4 is 29.3 Å². The van der Waals surface area contributed by atoms with Crippen LogP contribution in [0.3, 0.4) is 0 Å². The fraction of sp³-hybridized carbons (Fsp3) is 0.500. The van der Waals surface area contributed by atoms with Crippen LogP contribution < -0.4 is 5.32 Å². The summed E-state index contributed by atoms with van der Waals surface area (Å²) in [7, 11) is 0. The molecule has 0 atom stereocenters. The standard InChI is InChI=1S/C16H23NO3S/c1-4-5-6-11-14(18)17-12-9-7-8-10-13(12)21-16(2,3)15(19)20/h7-10H,4-6,11H2,1-3H3,(H,17,18)(H,19,20). The van der Waals surface area contributed by atoms with Crippen LogP contribution >= 0.6 is 11.8 Å². The first-order chi connectivity index (χ1) is 9.86. The number of nitrogens with one attached hydrogen (secondary N) is 1. The normalized spacial score (nSPS) is 11.2. The lowest BCUT2D eigenvalue weighted by Crippen LogP contribution is -2.27. The minimum absolute atomic E-state index is 0.0235. The summed E-state index contributed by atoms with van der Waals surface area (Å²) in [6, 6.07) is 7.31. The van der Waals surface area contributed by atoms with Gasteiger partial charge in [0.25, 0.3) is 0 Å². The number of carbonyl (C=O) groups excluding carboxylic acids is 1. The third-order valence-electron chi connectivity index (χ3n) is 3.05. The van der Waals surface area contributed by atoms with Gasteiger partial charge in [-0.25, -0.2) is 0 Å². The number of unbranched alkanes of at least 4 members (excludes halogenated alkanes) is 2. The van der Waals surface area contributed by atoms with Gasteiger partial charge in [-0.3, -0.25) is 9.59 Å². The maximum absolute atomic E-state index is 11.9. The first-order valence-corrected chi connectivity index (χ1v) is 7.99. The zero-order valence-electron chi connectivity index (χ0n) is 12.8. The van der Waals surface area contributed by atoms with E-state index in [1.54, 1.807) is 19.9 Å². The van der Waals surface area contributed by atoms with Gasteiger partial charge in [0.15, 0.2) is 0 Å². The molecule has 116 valence electrons. The molecular formula is C16H23NO3S. The second-order valence-corrected chi connectivity index (χ2v) is 7.08. The van der Waals surface area contributed by atoms with Crippen molar-refractivity contribution in [2.24, 2.45) is 0 Å². The summed E-state index contributed by atoms with van der Waals surface area (Å²) in [5.41, 5.74) is 0.679. The summed E-state index contributed by atoms with van der Waals surface area (Å²) in [5.74, 6) is -0.902. The van der Waals surface area contributed by atoms with Gasteiger partial charge in [-0.2, -0.15) is 0 Å². The Morgan fingerprint density at radius 2 is 1.90 bits per heavy atom. The number of aliphatic carboxylic acids is 1. The molecular weight excluding hydrogens is 286 g/mol. The second-order valence-electron chi connectivity index (χ2n) is 5.42. The molecule has 1 amide bonds. The smallest absolute Gasteiger partial charge is 0.319 e. The molecule has 0 fully saturated rings. The van der Waals surface area contributed by atoms with E-state index >= 15 is 0 Å². The van der Waals surface area contributed by atoms with Crippen LogP contribution in [-0.4, -0.2) is 21.7 Å². The number of para-hydroxylation sites is 1. The van der Waals surface area contributed by atoms with Gasteiger partial charge in [0, 0.05) is 11.3 Å². The fourth-order valence-electron chi connectivity index (χ4n) is 1.73. The Hall–Kier alpha value is -1.49. The molecule has 0 spiro atoms. The molecule has 1 aromatic rings. The zero-order chi connectivity index (χ0) is 15.9. The van der Waals surface area contributed by atoms with Crippen LogP contribution in [0.2, 0.25) is 0 Å². The van der Waals surface area contributed by atoms with Crippen LogP contribution in [0.4, 0.5) is 5.69 Å². The maximum atomic E-state index is 11.9. The van der Waals surface area contributed by atoms with E-state index in [-0.39, 0.29) is 5.91 Å². The molecule has 5 heteroatoms. The van der Waals surface area contributed by atoms with Crippen LogP contribution in [0, 0.1) is 0 Å². The number of amides is 1. The number of rotatable bonds is 8. The molecule has 0 saturated heterocycles. The van der Waals surface area contributed by atoms with Crippen molar-refractivity contribution in [3.8, 4) is 0 Å². The molecule has 0 radical (unpaired) electrons. The van der Waals surface area contributed by atoms with Crippen molar-refractivity contribution in [3.63, 3.8) is 0 Å². The molecule has 0 aliphatic carbocycles. The fourth-order valence-corrected chi connectivity index (χ4v) is 2.74. The number of anilines is 1. The topological polar surface area (TPSA) is 66.4 Å². The van der Waals surface area contributed by atoms with Crippen LogP contribution in [0.1, 0.15) is 46.5 Å². The molecule has 0 heterocycles. The Morgan fingerprint density at radius 1 is 1.24 bits per heavy atom. The van der Waals surface area contributed by atoms with Crippen LogP contribution in [-0.2, 0) is 9.59 Å². The second kappa shape index (κ2) is 8.08. The first-order valence-electron chi connectivity index (χ1n) is 7.18. The van der Waals surface area contributed by atoms with Crippen molar-refractivity contribution in [1.82, 2.24) is 0 Å². The van der Waals surface area contributed by atoms with Crippen molar-refractivity contribution in [2.75, 3.05) is 5.32 Å². The molecule has 4 nitrogen and oxygen atoms in total. The predicted molar refractivity (Wildman–Crippen MR) is 86.8 cm³/mol. The highest BCUT2D eigenvalue weighted by Gasteiger charge is 2.29. The summed E-state index contributed by atoms with van der Waals surface area (Å²) in [5, 5.41) is 12.1. The molecule has 0 bridgehead atoms. The van der Waals surface area contributed by atoms with Gasteiger partial charge in [0.2, 0.25) is 5.91 Å². The Morgan fingerprint density at radius 3 is 2.52 bits per heavy atom. The van der Waals surface area contributed by atoms with Gasteiger partial charge in [-0.05, 0) is 32.4 Å². The summed E-state index contributed by atoms with van der Waals surface area (Å²) in [6.45, 7) is 5.40. The predicted octanol–water partition coefficient (Wildman–Crippen LogP) is 4.16. The molecule has 0 aliphatic rings. The maximum Gasteiger partial charge on any atom is 0.319 e. The highest BCUT2D eigenvalue weighted by Crippen LogP contribution is 2.37. The van der Waals surface area contributed by atoms with Gasteiger partial charge in [-0.1, -0.05) is 31.9 Å². The van der Waals surface area contributed by atoms with Crippen molar-refractivity contribution < 1.29 is 14.7 Å². The third-order valence-corrected chi connectivity index (χ3v) is 4.31. The third kappa shape index (κ3) is 5.79. The number of thioether (sulfide) groups is 1. The minimum atomic E-state index is -0.941. The van der Waals surface area contributed by atoms with Crippen molar-refractivity contribution in [2.45, 2.75) is 56.1 Å². The number of carbonyl (C=O) groups is 2. The average molecular weight is 309 g/mol. The molecule has 0 aromatic heterocycles. The van der Waals surface area contributed by atoms with Gasteiger partial charge in [0.1, 0.15) is 4.75 Å². The zero-order valence-corrected chi connectivity index (χ0v) is 13.6. The molecule has 0 saturated carbocycles. The monoisotopic (exact) mass is 309 g/mol. The number of hydrogen-bond donors (Lipinski definition) is 2. The Balaban J connectivity index is 2.75. The van der Waals surface area contributed by atoms with Gasteiger partial charge in [0.05, 0.1) is 5.69 Å². The summed E-state index contributed by atoms with van der Waals surface area (Å²) in [6.07, 6.45) is 3.48. The number of hydrogen-bond acceptors (Lipinski definition) is 3. The SMILES string of the molecule is CCCCCC(=O)Nc1ccccc1SC(C)(C)C(=O)O. The Labute approximate surface area is 130 Å². The van der Waals surface area contributed by atoms with Gasteiger partial charge < -0.3 is 10.4 Å². The number of carboxylic acid groups (broad SMARTS) is 1. The van der Waals surface area contributed by atoms with E-state index in [2.05, 4.69) is 12.2 Å². The van der Waals surface area contributed by atoms with Crippen LogP contribution in [0.5, 0.6) is 0 Å². The lowest BCUT2D eigenvalue weighted by atomic mass is 10.2. The minimum Gasteiger partial charge on any atom is -0.480 e. The van der Waals surface area contributed by atoms with Crippen molar-refractivity contribution in [1.29, 1.82) is 0 Å². The van der Waals surface area contributed by atoms with E-state index < -0.39 is 10.7 Å². The van der Waals surface area contributed by atoms with E-state index in [0.29, 0.717) is 12.1 Å². The molecule has 1 rings (SSSR count). The summed E-state index contributed by atoms with van der Waals surface area (Å²) in [4.78, 5) is 23.9. The summed E-state index contributed by atoms with van der Waals surface area (Å²) >= 11 is 1.24. The van der Waals surface area contributed by atoms with E-state index in [1.165, 1.54) is 11.8 Å². The molecule has 0 unspecified atom stereocenters. The molecule has 2 N–H and O–H groups in total. The van der Waals surface area contributed by atoms with Gasteiger partial charge in [-0.15, -0.1) is 11.8 Å². The number of carboxylic acids is 1. The van der Waals surface area contributed by atoms with E-state index in [0.717, 1.165) is 24.2 Å². The Bertz CT molecular complexity index is 500. The number of benzene rings is 1. The quantitative estimate of drug-likeness (QED) is 0.559. The Kier molecular flexibility index (Phi) is 6.75.